The summed E-state index contributed by atoms with van der Waals surface area (Å²) in [5.74, 6) is -1.51. The van der Waals surface area contributed by atoms with Crippen LogP contribution in [0.5, 0.6) is 0 Å². The van der Waals surface area contributed by atoms with Gasteiger partial charge in [-0.1, -0.05) is 0 Å². The maximum atomic E-state index is 14.9. The van der Waals surface area contributed by atoms with Crippen molar-refractivity contribution in [1.82, 2.24) is 19.7 Å². The monoisotopic (exact) mass is 532 g/mol. The third-order valence-electron chi connectivity index (χ3n) is 6.95. The first-order valence-electron chi connectivity index (χ1n) is 12.4. The standard InChI is InChI=1S/C26H28F4N6O2/c1-16-9-21(27)23(33-25(37)36-4-3-19(15-36)26(28,29)30)12-20(16)17-10-22(18-13-31-34(2)14-18)32-24(11-17)35-5-7-38-8-6-35/h9-14,19H,3-8,15H2,1-2H3,(H,33,37)/t19-/m0/s1. The van der Waals surface area contributed by atoms with Crippen molar-refractivity contribution in [3.63, 3.8) is 0 Å². The summed E-state index contributed by atoms with van der Waals surface area (Å²) in [7, 11) is 1.81. The van der Waals surface area contributed by atoms with Gasteiger partial charge in [0.15, 0.2) is 0 Å². The Morgan fingerprint density at radius 1 is 1.11 bits per heavy atom. The van der Waals surface area contributed by atoms with Crippen molar-refractivity contribution in [2.45, 2.75) is 19.5 Å². The number of hydrogen-bond acceptors (Lipinski definition) is 5. The number of benzene rings is 1. The minimum Gasteiger partial charge on any atom is -0.378 e. The Labute approximate surface area is 217 Å². The molecule has 0 spiro atoms. The number of anilines is 2. The normalized spacial score (nSPS) is 18.2. The summed E-state index contributed by atoms with van der Waals surface area (Å²) in [4.78, 5) is 20.7. The second kappa shape index (κ2) is 10.2. The van der Waals surface area contributed by atoms with Crippen LogP contribution in [0.2, 0.25) is 0 Å². The first-order chi connectivity index (χ1) is 18.1. The minimum absolute atomic E-state index is 0.0436. The number of morpholine rings is 1. The number of nitrogens with zero attached hydrogens (tertiary/aromatic N) is 5. The molecule has 1 aromatic carbocycles. The van der Waals surface area contributed by atoms with Gasteiger partial charge in [0.2, 0.25) is 0 Å². The van der Waals surface area contributed by atoms with Crippen LogP contribution in [0.3, 0.4) is 0 Å². The zero-order chi connectivity index (χ0) is 27.0. The quantitative estimate of drug-likeness (QED) is 0.487. The number of alkyl halides is 3. The molecule has 8 nitrogen and oxygen atoms in total. The number of amides is 2. The summed E-state index contributed by atoms with van der Waals surface area (Å²) in [5.41, 5.74) is 3.45. The Kier molecular flexibility index (Phi) is 6.99. The molecule has 38 heavy (non-hydrogen) atoms. The summed E-state index contributed by atoms with van der Waals surface area (Å²) in [6, 6.07) is 5.86. The molecule has 5 rings (SSSR count). The SMILES string of the molecule is Cc1cc(F)c(NC(=O)N2CC[C@H](C(F)(F)F)C2)cc1-c1cc(-c2cnn(C)c2)nc(N2CCOCC2)c1. The first kappa shape index (κ1) is 26.0. The fourth-order valence-electron chi connectivity index (χ4n) is 4.81. The van der Waals surface area contributed by atoms with Gasteiger partial charge < -0.3 is 19.9 Å². The molecule has 2 fully saturated rings. The van der Waals surface area contributed by atoms with E-state index in [-0.39, 0.29) is 18.7 Å². The minimum atomic E-state index is -4.37. The smallest absolute Gasteiger partial charge is 0.378 e. The lowest BCUT2D eigenvalue weighted by atomic mass is 9.98. The number of rotatable bonds is 4. The van der Waals surface area contributed by atoms with Crippen molar-refractivity contribution in [2.24, 2.45) is 13.0 Å². The number of carbonyl (C=O) groups excluding carboxylic acids is 1. The lowest BCUT2D eigenvalue weighted by molar-refractivity contribution is -0.169. The number of carbonyl (C=O) groups is 1. The highest BCUT2D eigenvalue weighted by molar-refractivity contribution is 5.91. The van der Waals surface area contributed by atoms with Gasteiger partial charge >= 0.3 is 12.2 Å². The van der Waals surface area contributed by atoms with E-state index < -0.39 is 30.5 Å². The number of hydrogen-bond donors (Lipinski definition) is 1. The number of ether oxygens (including phenoxy) is 1. The molecule has 2 aliphatic heterocycles. The van der Waals surface area contributed by atoms with E-state index in [4.69, 9.17) is 9.72 Å². The van der Waals surface area contributed by atoms with Gasteiger partial charge in [-0.15, -0.1) is 0 Å². The summed E-state index contributed by atoms with van der Waals surface area (Å²) in [5, 5.41) is 6.72. The lowest BCUT2D eigenvalue weighted by Gasteiger charge is -2.28. The molecule has 0 unspecified atom stereocenters. The third-order valence-corrected chi connectivity index (χ3v) is 6.95. The predicted molar refractivity (Wildman–Crippen MR) is 134 cm³/mol. The maximum Gasteiger partial charge on any atom is 0.393 e. The van der Waals surface area contributed by atoms with E-state index in [0.717, 1.165) is 21.8 Å². The van der Waals surface area contributed by atoms with Gasteiger partial charge in [-0.3, -0.25) is 4.68 Å². The van der Waals surface area contributed by atoms with Gasteiger partial charge in [-0.25, -0.2) is 14.2 Å². The van der Waals surface area contributed by atoms with Crippen molar-refractivity contribution in [1.29, 1.82) is 0 Å². The van der Waals surface area contributed by atoms with Crippen LogP contribution in [0.4, 0.5) is 33.9 Å². The van der Waals surface area contributed by atoms with E-state index >= 15 is 0 Å². The van der Waals surface area contributed by atoms with E-state index in [9.17, 15) is 22.4 Å². The van der Waals surface area contributed by atoms with E-state index in [2.05, 4.69) is 15.3 Å². The average molecular weight is 533 g/mol. The molecule has 2 aromatic heterocycles. The maximum absolute atomic E-state index is 14.9. The highest BCUT2D eigenvalue weighted by atomic mass is 19.4. The van der Waals surface area contributed by atoms with Crippen LogP contribution < -0.4 is 10.2 Å². The average Bonchev–Trinajstić information content (AvgIpc) is 3.56. The summed E-state index contributed by atoms with van der Waals surface area (Å²) >= 11 is 0. The Balaban J connectivity index is 1.48. The molecule has 4 heterocycles. The largest absolute Gasteiger partial charge is 0.393 e. The van der Waals surface area contributed by atoms with Gasteiger partial charge in [-0.05, 0) is 54.3 Å². The predicted octanol–water partition coefficient (Wildman–Crippen LogP) is 4.85. The number of nitrogens with one attached hydrogen (secondary N) is 1. The number of pyridine rings is 1. The molecule has 1 atom stereocenters. The molecule has 202 valence electrons. The van der Waals surface area contributed by atoms with Crippen LogP contribution in [0, 0.1) is 18.7 Å². The fourth-order valence-corrected chi connectivity index (χ4v) is 4.81. The molecular formula is C26H28F4N6O2. The summed E-state index contributed by atoms with van der Waals surface area (Å²) in [6.07, 6.45) is -0.981. The van der Waals surface area contributed by atoms with E-state index in [1.807, 2.05) is 25.4 Å². The summed E-state index contributed by atoms with van der Waals surface area (Å²) in [6.45, 7) is 3.76. The van der Waals surface area contributed by atoms with Gasteiger partial charge in [-0.2, -0.15) is 18.3 Å². The molecule has 1 N–H and O–H groups in total. The van der Waals surface area contributed by atoms with Crippen molar-refractivity contribution < 1.29 is 27.1 Å². The molecule has 0 bridgehead atoms. The Hall–Kier alpha value is -3.67. The Bertz CT molecular complexity index is 1340. The van der Waals surface area contributed by atoms with E-state index in [1.54, 1.807) is 17.8 Å². The molecule has 0 radical (unpaired) electrons. The van der Waals surface area contributed by atoms with Gasteiger partial charge in [0, 0.05) is 45.0 Å². The molecule has 3 aromatic rings. The highest BCUT2D eigenvalue weighted by Crippen LogP contribution is 2.36. The van der Waals surface area contributed by atoms with Gasteiger partial charge in [0.05, 0.1) is 36.7 Å². The van der Waals surface area contributed by atoms with Crippen LogP contribution >= 0.6 is 0 Å². The second-order valence-electron chi connectivity index (χ2n) is 9.65. The van der Waals surface area contributed by atoms with Crippen LogP contribution in [0.25, 0.3) is 22.4 Å². The van der Waals surface area contributed by atoms with Crippen LogP contribution in [0.15, 0.2) is 36.7 Å². The molecule has 0 aliphatic carbocycles. The van der Waals surface area contributed by atoms with E-state index in [1.165, 1.54) is 12.1 Å². The second-order valence-corrected chi connectivity index (χ2v) is 9.65. The van der Waals surface area contributed by atoms with Crippen molar-refractivity contribution in [3.8, 4) is 22.4 Å². The first-order valence-corrected chi connectivity index (χ1v) is 12.4. The number of aromatic nitrogens is 3. The van der Waals surface area contributed by atoms with Gasteiger partial charge in [0.1, 0.15) is 11.6 Å². The zero-order valence-corrected chi connectivity index (χ0v) is 21.1. The molecule has 0 saturated carbocycles. The molecule has 2 aliphatic rings. The van der Waals surface area contributed by atoms with Crippen LogP contribution in [-0.2, 0) is 11.8 Å². The lowest BCUT2D eigenvalue weighted by Crippen LogP contribution is -2.36. The Morgan fingerprint density at radius 2 is 1.87 bits per heavy atom. The molecule has 2 amide bonds. The number of halogens is 4. The number of likely N-dealkylation sites (tertiary alicyclic amines) is 1. The van der Waals surface area contributed by atoms with Crippen LogP contribution in [0.1, 0.15) is 12.0 Å². The van der Waals surface area contributed by atoms with Crippen LogP contribution in [-0.4, -0.2) is 71.3 Å². The molecule has 2 saturated heterocycles. The number of urea groups is 1. The third kappa shape index (κ3) is 5.45. The highest BCUT2D eigenvalue weighted by Gasteiger charge is 2.44. The Morgan fingerprint density at radius 3 is 2.53 bits per heavy atom. The fraction of sp³-hybridized carbons (Fsp3) is 0.423. The van der Waals surface area contributed by atoms with Crippen molar-refractivity contribution >= 4 is 17.5 Å². The van der Waals surface area contributed by atoms with Gasteiger partial charge in [0.25, 0.3) is 0 Å². The van der Waals surface area contributed by atoms with E-state index in [0.29, 0.717) is 43.1 Å². The van der Waals surface area contributed by atoms with Crippen molar-refractivity contribution in [3.05, 3.63) is 48.0 Å². The topological polar surface area (TPSA) is 75.5 Å². The molecular weight excluding hydrogens is 504 g/mol. The molecule has 12 heteroatoms. The van der Waals surface area contributed by atoms with Crippen molar-refractivity contribution in [2.75, 3.05) is 49.6 Å². The zero-order valence-electron chi connectivity index (χ0n) is 21.1. The number of aryl methyl sites for hydroxylation is 2. The summed E-state index contributed by atoms with van der Waals surface area (Å²) < 4.78 is 61.2.